The van der Waals surface area contributed by atoms with Crippen molar-refractivity contribution >= 4 is 29.3 Å². The molecule has 2 aromatic rings. The number of amides is 2. The van der Waals surface area contributed by atoms with Crippen LogP contribution in [-0.2, 0) is 4.79 Å². The van der Waals surface area contributed by atoms with E-state index in [1.54, 1.807) is 38.1 Å². The minimum absolute atomic E-state index is 0.204. The fraction of sp³-hybridized carbons (Fsp3) is 0.200. The van der Waals surface area contributed by atoms with Gasteiger partial charge in [-0.1, -0.05) is 38.1 Å². The highest BCUT2D eigenvalue weighted by molar-refractivity contribution is 6.28. The lowest BCUT2D eigenvalue weighted by Crippen LogP contribution is -2.46. The van der Waals surface area contributed by atoms with Crippen LogP contribution in [0.15, 0.2) is 42.5 Å². The zero-order valence-corrected chi connectivity index (χ0v) is 14.8. The molecule has 1 aliphatic rings. The topological polar surface area (TPSA) is 113 Å². The van der Waals surface area contributed by atoms with Gasteiger partial charge < -0.3 is 15.7 Å². The van der Waals surface area contributed by atoms with E-state index in [9.17, 15) is 19.2 Å². The third-order valence-corrected chi connectivity index (χ3v) is 4.40. The number of nitrogens with one attached hydrogen (secondary N) is 2. The quantitative estimate of drug-likeness (QED) is 0.657. The molecule has 0 heterocycles. The van der Waals surface area contributed by atoms with Gasteiger partial charge in [0.1, 0.15) is 6.04 Å². The molecule has 0 radical (unpaired) electrons. The van der Waals surface area contributed by atoms with Crippen LogP contribution < -0.4 is 10.6 Å². The van der Waals surface area contributed by atoms with Gasteiger partial charge in [-0.3, -0.25) is 9.59 Å². The number of rotatable bonds is 4. The Morgan fingerprint density at radius 1 is 0.889 bits per heavy atom. The number of carbonyl (C=O) groups excluding carboxylic acids is 3. The minimum atomic E-state index is -1.14. The average molecular weight is 366 g/mol. The number of anilines is 1. The zero-order valence-electron chi connectivity index (χ0n) is 14.8. The van der Waals surface area contributed by atoms with Gasteiger partial charge in [0.15, 0.2) is 11.6 Å². The summed E-state index contributed by atoms with van der Waals surface area (Å²) in [6.45, 7) is 3.36. The van der Waals surface area contributed by atoms with Crippen molar-refractivity contribution in [2.45, 2.75) is 19.9 Å². The van der Waals surface area contributed by atoms with Gasteiger partial charge in [0.25, 0.3) is 0 Å². The summed E-state index contributed by atoms with van der Waals surface area (Å²) in [5, 5.41) is 14.0. The molecular formula is C20H18N2O5. The van der Waals surface area contributed by atoms with Gasteiger partial charge >= 0.3 is 12.0 Å². The Kier molecular flexibility index (Phi) is 4.77. The van der Waals surface area contributed by atoms with Gasteiger partial charge in [-0.05, 0) is 24.1 Å². The van der Waals surface area contributed by atoms with Crippen LogP contribution in [0.25, 0.3) is 0 Å². The summed E-state index contributed by atoms with van der Waals surface area (Å²) in [5.41, 5.74) is 1.45. The SMILES string of the molecule is CC(C)C(NC(=O)Nc1ccc2c(c1)C(=O)c1ccccc1C2=O)C(=O)O. The Balaban J connectivity index is 1.84. The molecule has 0 aliphatic heterocycles. The molecule has 1 unspecified atom stereocenters. The summed E-state index contributed by atoms with van der Waals surface area (Å²) in [5.74, 6) is -1.98. The highest BCUT2D eigenvalue weighted by Crippen LogP contribution is 2.29. The fourth-order valence-corrected chi connectivity index (χ4v) is 3.00. The molecule has 1 atom stereocenters. The van der Waals surface area contributed by atoms with Gasteiger partial charge in [0.2, 0.25) is 0 Å². The van der Waals surface area contributed by atoms with Crippen molar-refractivity contribution in [3.8, 4) is 0 Å². The van der Waals surface area contributed by atoms with E-state index < -0.39 is 18.0 Å². The Morgan fingerprint density at radius 3 is 2.00 bits per heavy atom. The molecule has 2 amide bonds. The lowest BCUT2D eigenvalue weighted by atomic mass is 9.84. The largest absolute Gasteiger partial charge is 0.480 e. The maximum absolute atomic E-state index is 12.7. The normalized spacial score (nSPS) is 13.6. The lowest BCUT2D eigenvalue weighted by molar-refractivity contribution is -0.140. The Hall–Kier alpha value is -3.48. The number of fused-ring (bicyclic) bond motifs is 2. The zero-order chi connectivity index (χ0) is 19.7. The van der Waals surface area contributed by atoms with Crippen molar-refractivity contribution < 1.29 is 24.3 Å². The van der Waals surface area contributed by atoms with Crippen LogP contribution >= 0.6 is 0 Å². The lowest BCUT2D eigenvalue weighted by Gasteiger charge is -2.20. The van der Waals surface area contributed by atoms with Crippen LogP contribution in [0.5, 0.6) is 0 Å². The molecule has 0 spiro atoms. The molecule has 7 nitrogen and oxygen atoms in total. The first-order chi connectivity index (χ1) is 12.8. The van der Waals surface area contributed by atoms with Crippen LogP contribution in [0, 0.1) is 5.92 Å². The summed E-state index contributed by atoms with van der Waals surface area (Å²) in [6.07, 6.45) is 0. The summed E-state index contributed by atoms with van der Waals surface area (Å²) in [4.78, 5) is 48.6. The summed E-state index contributed by atoms with van der Waals surface area (Å²) >= 11 is 0. The average Bonchev–Trinajstić information content (AvgIpc) is 2.63. The number of carboxylic acid groups (broad SMARTS) is 1. The minimum Gasteiger partial charge on any atom is -0.480 e. The fourth-order valence-electron chi connectivity index (χ4n) is 3.00. The Labute approximate surface area is 155 Å². The van der Waals surface area contributed by atoms with Crippen LogP contribution in [0.4, 0.5) is 10.5 Å². The second-order valence-electron chi connectivity index (χ2n) is 6.62. The molecule has 0 saturated heterocycles. The predicted octanol–water partition coefficient (Wildman–Crippen LogP) is 2.69. The van der Waals surface area contributed by atoms with Crippen molar-refractivity contribution in [2.24, 2.45) is 5.92 Å². The first kappa shape index (κ1) is 18.3. The highest BCUT2D eigenvalue weighted by Gasteiger charge is 2.29. The number of ketones is 2. The summed E-state index contributed by atoms with van der Waals surface area (Å²) in [6, 6.07) is 9.24. The number of hydrogen-bond acceptors (Lipinski definition) is 4. The van der Waals surface area contributed by atoms with E-state index in [0.717, 1.165) is 0 Å². The van der Waals surface area contributed by atoms with E-state index in [0.29, 0.717) is 16.8 Å². The molecule has 0 aromatic heterocycles. The van der Waals surface area contributed by atoms with Crippen molar-refractivity contribution in [3.63, 3.8) is 0 Å². The number of aliphatic carboxylic acids is 1. The van der Waals surface area contributed by atoms with Gasteiger partial charge in [-0.2, -0.15) is 0 Å². The summed E-state index contributed by atoms with van der Waals surface area (Å²) in [7, 11) is 0. The second-order valence-corrected chi connectivity index (χ2v) is 6.62. The van der Waals surface area contributed by atoms with E-state index in [1.807, 2.05) is 0 Å². The Morgan fingerprint density at radius 2 is 1.44 bits per heavy atom. The molecule has 0 bridgehead atoms. The van der Waals surface area contributed by atoms with Gasteiger partial charge in [0, 0.05) is 27.9 Å². The van der Waals surface area contributed by atoms with Crippen LogP contribution in [0.2, 0.25) is 0 Å². The van der Waals surface area contributed by atoms with Gasteiger partial charge in [-0.15, -0.1) is 0 Å². The maximum atomic E-state index is 12.7. The highest BCUT2D eigenvalue weighted by atomic mass is 16.4. The molecule has 1 aliphatic carbocycles. The van der Waals surface area contributed by atoms with E-state index in [1.165, 1.54) is 18.2 Å². The van der Waals surface area contributed by atoms with Crippen LogP contribution in [-0.4, -0.2) is 34.7 Å². The number of benzene rings is 2. The summed E-state index contributed by atoms with van der Waals surface area (Å²) < 4.78 is 0. The third-order valence-electron chi connectivity index (χ3n) is 4.40. The third kappa shape index (κ3) is 3.44. The molecule has 0 saturated carbocycles. The predicted molar refractivity (Wildman–Crippen MR) is 98.2 cm³/mol. The molecule has 3 N–H and O–H groups in total. The molecule has 0 fully saturated rings. The van der Waals surface area contributed by atoms with Gasteiger partial charge in [-0.25, -0.2) is 9.59 Å². The van der Waals surface area contributed by atoms with Gasteiger partial charge in [0.05, 0.1) is 0 Å². The van der Waals surface area contributed by atoms with Crippen molar-refractivity contribution in [2.75, 3.05) is 5.32 Å². The van der Waals surface area contributed by atoms with E-state index in [2.05, 4.69) is 10.6 Å². The van der Waals surface area contributed by atoms with E-state index in [-0.39, 0.29) is 28.6 Å². The number of urea groups is 1. The van der Waals surface area contributed by atoms with Crippen molar-refractivity contribution in [3.05, 3.63) is 64.7 Å². The van der Waals surface area contributed by atoms with Crippen molar-refractivity contribution in [1.29, 1.82) is 0 Å². The molecule has 27 heavy (non-hydrogen) atoms. The van der Waals surface area contributed by atoms with E-state index >= 15 is 0 Å². The standard InChI is InChI=1S/C20H18N2O5/c1-10(2)16(19(25)26)22-20(27)21-11-7-8-14-15(9-11)18(24)13-6-4-3-5-12(13)17(14)23/h3-10,16H,1-2H3,(H,25,26)(H2,21,22,27). The van der Waals surface area contributed by atoms with E-state index in [4.69, 9.17) is 5.11 Å². The smallest absolute Gasteiger partial charge is 0.326 e. The number of carboxylic acids is 1. The first-order valence-corrected chi connectivity index (χ1v) is 8.42. The second kappa shape index (κ2) is 7.03. The molecule has 7 heteroatoms. The first-order valence-electron chi connectivity index (χ1n) is 8.42. The monoisotopic (exact) mass is 366 g/mol. The number of carbonyl (C=O) groups is 4. The van der Waals surface area contributed by atoms with Crippen LogP contribution in [0.3, 0.4) is 0 Å². The maximum Gasteiger partial charge on any atom is 0.326 e. The van der Waals surface area contributed by atoms with Crippen molar-refractivity contribution in [1.82, 2.24) is 5.32 Å². The Bertz CT molecular complexity index is 965. The molecule has 2 aromatic carbocycles. The van der Waals surface area contributed by atoms with Crippen LogP contribution in [0.1, 0.15) is 45.7 Å². The molecular weight excluding hydrogens is 348 g/mol. The number of hydrogen-bond donors (Lipinski definition) is 3. The molecule has 3 rings (SSSR count). The molecule has 138 valence electrons.